The zero-order chi connectivity index (χ0) is 15.3. The minimum Gasteiger partial charge on any atom is -0.377 e. The number of nitrogens with one attached hydrogen (secondary N) is 2. The van der Waals surface area contributed by atoms with E-state index in [0.29, 0.717) is 18.1 Å². The zero-order valence-electron chi connectivity index (χ0n) is 13.7. The van der Waals surface area contributed by atoms with Crippen molar-refractivity contribution in [2.45, 2.75) is 59.1 Å². The summed E-state index contributed by atoms with van der Waals surface area (Å²) in [5.74, 6) is 2.48. The monoisotopic (exact) mass is 292 g/mol. The lowest BCUT2D eigenvalue weighted by Gasteiger charge is -2.34. The Bertz CT molecular complexity index is 427. The second-order valence-corrected chi connectivity index (χ2v) is 6.60. The van der Waals surface area contributed by atoms with Crippen molar-refractivity contribution in [3.63, 3.8) is 0 Å². The lowest BCUT2D eigenvalue weighted by atomic mass is 9.75. The van der Waals surface area contributed by atoms with E-state index < -0.39 is 0 Å². The fraction of sp³-hybridized carbons (Fsp3) is 0.750. The van der Waals surface area contributed by atoms with E-state index in [1.807, 2.05) is 6.07 Å². The predicted octanol–water partition coefficient (Wildman–Crippen LogP) is 3.44. The topological polar surface area (TPSA) is 59.1 Å². The van der Waals surface area contributed by atoms with Gasteiger partial charge in [0.1, 0.15) is 18.2 Å². The Kier molecular flexibility index (Phi) is 5.39. The maximum absolute atomic E-state index is 5.15. The van der Waals surface area contributed by atoms with Crippen LogP contribution in [0.15, 0.2) is 6.07 Å². The molecule has 5 nitrogen and oxygen atoms in total. The maximum atomic E-state index is 5.15. The van der Waals surface area contributed by atoms with Gasteiger partial charge in [-0.1, -0.05) is 13.8 Å². The largest absolute Gasteiger partial charge is 0.377 e. The molecule has 0 saturated heterocycles. The third-order valence-electron chi connectivity index (χ3n) is 4.09. The molecule has 1 aromatic rings. The fourth-order valence-electron chi connectivity index (χ4n) is 2.79. The Hall–Kier alpha value is -1.36. The van der Waals surface area contributed by atoms with Gasteiger partial charge in [-0.15, -0.1) is 0 Å². The highest BCUT2D eigenvalue weighted by Crippen LogP contribution is 2.36. The molecule has 0 aromatic carbocycles. The van der Waals surface area contributed by atoms with Gasteiger partial charge in [-0.3, -0.25) is 0 Å². The van der Waals surface area contributed by atoms with Crippen LogP contribution < -0.4 is 10.6 Å². The first-order chi connectivity index (χ1) is 10.0. The summed E-state index contributed by atoms with van der Waals surface area (Å²) >= 11 is 0. The minimum absolute atomic E-state index is 0.436. The van der Waals surface area contributed by atoms with Gasteiger partial charge in [-0.2, -0.15) is 0 Å². The van der Waals surface area contributed by atoms with Crippen molar-refractivity contribution in [3.8, 4) is 0 Å². The molecule has 0 spiro atoms. The van der Waals surface area contributed by atoms with Crippen LogP contribution in [-0.4, -0.2) is 29.7 Å². The Morgan fingerprint density at radius 2 is 1.90 bits per heavy atom. The number of hydrogen-bond donors (Lipinski definition) is 2. The molecule has 0 radical (unpaired) electrons. The summed E-state index contributed by atoms with van der Waals surface area (Å²) in [6.07, 6.45) is 4.93. The number of methoxy groups -OCH3 is 1. The Morgan fingerprint density at radius 3 is 2.52 bits per heavy atom. The van der Waals surface area contributed by atoms with Crippen molar-refractivity contribution in [3.05, 3.63) is 11.9 Å². The fourth-order valence-corrected chi connectivity index (χ4v) is 2.79. The van der Waals surface area contributed by atoms with Crippen LogP contribution in [0.2, 0.25) is 0 Å². The van der Waals surface area contributed by atoms with Gasteiger partial charge >= 0.3 is 0 Å². The molecule has 1 heterocycles. The molecule has 21 heavy (non-hydrogen) atoms. The molecule has 118 valence electrons. The molecule has 0 bridgehead atoms. The van der Waals surface area contributed by atoms with E-state index in [1.165, 1.54) is 25.7 Å². The molecule has 2 N–H and O–H groups in total. The first kappa shape index (κ1) is 16.0. The first-order valence-corrected chi connectivity index (χ1v) is 7.90. The van der Waals surface area contributed by atoms with Crippen LogP contribution in [0.1, 0.15) is 52.3 Å². The second-order valence-electron chi connectivity index (χ2n) is 6.60. The number of aromatic nitrogens is 2. The molecule has 1 fully saturated rings. The van der Waals surface area contributed by atoms with Gasteiger partial charge < -0.3 is 15.4 Å². The normalized spacial score (nSPS) is 18.5. The van der Waals surface area contributed by atoms with Gasteiger partial charge in [-0.05, 0) is 38.0 Å². The van der Waals surface area contributed by atoms with Gasteiger partial charge in [0.2, 0.25) is 0 Å². The van der Waals surface area contributed by atoms with Crippen LogP contribution >= 0.6 is 0 Å². The van der Waals surface area contributed by atoms with Gasteiger partial charge in [0, 0.05) is 25.8 Å². The van der Waals surface area contributed by atoms with Crippen LogP contribution in [0.4, 0.5) is 11.6 Å². The predicted molar refractivity (Wildman–Crippen MR) is 86.6 cm³/mol. The van der Waals surface area contributed by atoms with Crippen molar-refractivity contribution in [2.24, 2.45) is 5.41 Å². The van der Waals surface area contributed by atoms with Crippen molar-refractivity contribution in [2.75, 3.05) is 24.3 Å². The van der Waals surface area contributed by atoms with Crippen molar-refractivity contribution in [1.29, 1.82) is 0 Å². The first-order valence-electron chi connectivity index (χ1n) is 7.90. The van der Waals surface area contributed by atoms with Crippen LogP contribution in [0.3, 0.4) is 0 Å². The average molecular weight is 292 g/mol. The second kappa shape index (κ2) is 7.07. The Balaban J connectivity index is 2.04. The molecule has 1 aliphatic carbocycles. The molecule has 1 aromatic heterocycles. The molecular weight excluding hydrogens is 264 g/mol. The van der Waals surface area contributed by atoms with E-state index in [2.05, 4.69) is 41.4 Å². The lowest BCUT2D eigenvalue weighted by Crippen LogP contribution is -2.30. The summed E-state index contributed by atoms with van der Waals surface area (Å²) in [4.78, 5) is 8.99. The highest BCUT2D eigenvalue weighted by Gasteiger charge is 2.26. The molecule has 1 saturated carbocycles. The summed E-state index contributed by atoms with van der Waals surface area (Å²) in [7, 11) is 1.67. The summed E-state index contributed by atoms with van der Waals surface area (Å²) < 4.78 is 5.15. The number of nitrogens with zero attached hydrogens (tertiary/aromatic N) is 2. The van der Waals surface area contributed by atoms with E-state index in [4.69, 9.17) is 4.74 Å². The Labute approximate surface area is 127 Å². The van der Waals surface area contributed by atoms with Gasteiger partial charge in [-0.25, -0.2) is 9.97 Å². The number of anilines is 2. The van der Waals surface area contributed by atoms with E-state index >= 15 is 0 Å². The minimum atomic E-state index is 0.436. The number of hydrogen-bond acceptors (Lipinski definition) is 5. The molecular formula is C16H28N4O. The lowest BCUT2D eigenvalue weighted by molar-refractivity contribution is 0.178. The summed E-state index contributed by atoms with van der Waals surface area (Å²) in [5.41, 5.74) is 0.486. The standard InChI is InChI=1S/C16H28N4O/c1-5-17-13-10-14(20-15(19-13)11-21-4)18-12-6-8-16(2,3)9-7-12/h10,12H,5-9,11H2,1-4H3,(H2,17,18,19,20). The van der Waals surface area contributed by atoms with Gasteiger partial charge in [0.15, 0.2) is 5.82 Å². The smallest absolute Gasteiger partial charge is 0.158 e. The van der Waals surface area contributed by atoms with Gasteiger partial charge in [0.25, 0.3) is 0 Å². The van der Waals surface area contributed by atoms with E-state index in [-0.39, 0.29) is 0 Å². The number of rotatable bonds is 6. The molecule has 5 heteroatoms. The quantitative estimate of drug-likeness (QED) is 0.841. The molecule has 0 amide bonds. The summed E-state index contributed by atoms with van der Waals surface area (Å²) in [6, 6.07) is 2.50. The zero-order valence-corrected chi connectivity index (χ0v) is 13.7. The van der Waals surface area contributed by atoms with Crippen molar-refractivity contribution in [1.82, 2.24) is 9.97 Å². The van der Waals surface area contributed by atoms with Crippen LogP contribution in [0.5, 0.6) is 0 Å². The number of ether oxygens (including phenoxy) is 1. The van der Waals surface area contributed by atoms with Crippen LogP contribution in [0, 0.1) is 5.41 Å². The van der Waals surface area contributed by atoms with E-state index in [0.717, 1.165) is 24.0 Å². The highest BCUT2D eigenvalue weighted by molar-refractivity contribution is 5.48. The molecule has 0 unspecified atom stereocenters. The molecule has 0 atom stereocenters. The summed E-state index contributed by atoms with van der Waals surface area (Å²) in [6.45, 7) is 8.06. The van der Waals surface area contributed by atoms with E-state index in [9.17, 15) is 0 Å². The molecule has 2 rings (SSSR count). The van der Waals surface area contributed by atoms with Crippen LogP contribution in [0.25, 0.3) is 0 Å². The molecule has 0 aliphatic heterocycles. The highest BCUT2D eigenvalue weighted by atomic mass is 16.5. The third kappa shape index (κ3) is 4.84. The molecule has 1 aliphatic rings. The van der Waals surface area contributed by atoms with Crippen molar-refractivity contribution >= 4 is 11.6 Å². The average Bonchev–Trinajstić information content (AvgIpc) is 2.42. The Morgan fingerprint density at radius 1 is 1.24 bits per heavy atom. The van der Waals surface area contributed by atoms with Crippen molar-refractivity contribution < 1.29 is 4.74 Å². The third-order valence-corrected chi connectivity index (χ3v) is 4.09. The summed E-state index contributed by atoms with van der Waals surface area (Å²) in [5, 5.41) is 6.82. The van der Waals surface area contributed by atoms with Crippen LogP contribution in [-0.2, 0) is 11.3 Å². The maximum Gasteiger partial charge on any atom is 0.158 e. The SMILES string of the molecule is CCNc1cc(NC2CCC(C)(C)CC2)nc(COC)n1. The van der Waals surface area contributed by atoms with Gasteiger partial charge in [0.05, 0.1) is 0 Å². The van der Waals surface area contributed by atoms with E-state index in [1.54, 1.807) is 7.11 Å².